The van der Waals surface area contributed by atoms with Crippen LogP contribution in [0.3, 0.4) is 0 Å². The molecule has 3 nitrogen and oxygen atoms in total. The lowest BCUT2D eigenvalue weighted by molar-refractivity contribution is -0.137. The SMILES string of the molecule is CN(c1ccc(Cl)cc1)c1ccc(C(=O)c2ccc(-c3ccccc3)c(C(F)(F)F)c2)nc1. The predicted molar refractivity (Wildman–Crippen MR) is 124 cm³/mol. The molecule has 0 saturated carbocycles. The Balaban J connectivity index is 1.63. The molecule has 0 unspecified atom stereocenters. The van der Waals surface area contributed by atoms with Gasteiger partial charge < -0.3 is 4.90 Å². The van der Waals surface area contributed by atoms with E-state index in [0.717, 1.165) is 11.8 Å². The number of rotatable bonds is 5. The van der Waals surface area contributed by atoms with E-state index in [-0.39, 0.29) is 16.8 Å². The van der Waals surface area contributed by atoms with Gasteiger partial charge in [0.1, 0.15) is 5.69 Å². The van der Waals surface area contributed by atoms with Crippen LogP contribution in [0.4, 0.5) is 24.5 Å². The molecule has 0 aliphatic carbocycles. The molecule has 1 heterocycles. The highest BCUT2D eigenvalue weighted by Crippen LogP contribution is 2.38. The molecule has 0 N–H and O–H groups in total. The summed E-state index contributed by atoms with van der Waals surface area (Å²) in [6, 6.07) is 22.3. The van der Waals surface area contributed by atoms with Gasteiger partial charge in [0.25, 0.3) is 0 Å². The van der Waals surface area contributed by atoms with Gasteiger partial charge in [-0.05, 0) is 53.6 Å². The zero-order valence-corrected chi connectivity index (χ0v) is 18.2. The van der Waals surface area contributed by atoms with Crippen molar-refractivity contribution in [3.05, 3.63) is 113 Å². The van der Waals surface area contributed by atoms with Crippen LogP contribution in [0.1, 0.15) is 21.6 Å². The molecular formula is C26H18ClF3N2O. The molecule has 0 spiro atoms. The number of carbonyl (C=O) groups excluding carboxylic acids is 1. The number of pyridine rings is 1. The number of alkyl halides is 3. The van der Waals surface area contributed by atoms with Crippen LogP contribution < -0.4 is 4.90 Å². The van der Waals surface area contributed by atoms with E-state index >= 15 is 0 Å². The number of hydrogen-bond donors (Lipinski definition) is 0. The summed E-state index contributed by atoms with van der Waals surface area (Å²) in [5.74, 6) is -0.583. The van der Waals surface area contributed by atoms with Gasteiger partial charge in [-0.1, -0.05) is 54.1 Å². The van der Waals surface area contributed by atoms with Crippen molar-refractivity contribution in [1.29, 1.82) is 0 Å². The third-order valence-electron chi connectivity index (χ3n) is 5.25. The van der Waals surface area contributed by atoms with E-state index in [1.165, 1.54) is 24.4 Å². The normalized spacial score (nSPS) is 11.3. The third kappa shape index (κ3) is 4.91. The average Bonchev–Trinajstić information content (AvgIpc) is 2.83. The molecule has 4 aromatic rings. The Hall–Kier alpha value is -3.64. The quantitative estimate of drug-likeness (QED) is 0.287. The van der Waals surface area contributed by atoms with Gasteiger partial charge in [-0.2, -0.15) is 13.2 Å². The zero-order valence-electron chi connectivity index (χ0n) is 17.5. The summed E-state index contributed by atoms with van der Waals surface area (Å²) < 4.78 is 41.3. The van der Waals surface area contributed by atoms with Crippen molar-refractivity contribution in [3.63, 3.8) is 0 Å². The summed E-state index contributed by atoms with van der Waals surface area (Å²) in [5.41, 5.74) is 1.15. The number of anilines is 2. The fraction of sp³-hybridized carbons (Fsp3) is 0.0769. The molecule has 4 rings (SSSR count). The minimum absolute atomic E-state index is 0.0209. The second-order valence-electron chi connectivity index (χ2n) is 7.39. The molecule has 0 fully saturated rings. The van der Waals surface area contributed by atoms with Gasteiger partial charge in [-0.25, -0.2) is 0 Å². The maximum absolute atomic E-state index is 13.8. The standard InChI is InChI=1S/C26H18ClF3N2O/c1-32(20-10-8-19(27)9-11-20)21-12-14-24(31-16-21)25(33)18-7-13-22(17-5-3-2-4-6-17)23(15-18)26(28,29)30/h2-16H,1H3. The highest BCUT2D eigenvalue weighted by molar-refractivity contribution is 6.30. The minimum Gasteiger partial charge on any atom is -0.343 e. The van der Waals surface area contributed by atoms with Crippen LogP contribution in [0, 0.1) is 0 Å². The van der Waals surface area contributed by atoms with E-state index in [0.29, 0.717) is 16.3 Å². The molecule has 0 bridgehead atoms. The molecule has 0 saturated heterocycles. The fourth-order valence-electron chi connectivity index (χ4n) is 3.47. The highest BCUT2D eigenvalue weighted by Gasteiger charge is 2.34. The van der Waals surface area contributed by atoms with E-state index in [1.54, 1.807) is 48.5 Å². The maximum Gasteiger partial charge on any atom is 0.417 e. The van der Waals surface area contributed by atoms with E-state index in [2.05, 4.69) is 4.98 Å². The number of hydrogen-bond acceptors (Lipinski definition) is 3. The van der Waals surface area contributed by atoms with Crippen LogP contribution >= 0.6 is 11.6 Å². The van der Waals surface area contributed by atoms with Gasteiger partial charge >= 0.3 is 6.18 Å². The van der Waals surface area contributed by atoms with Gasteiger partial charge in [0.2, 0.25) is 5.78 Å². The number of nitrogens with zero attached hydrogens (tertiary/aromatic N) is 2. The Morgan fingerprint density at radius 2 is 1.55 bits per heavy atom. The number of benzene rings is 3. The average molecular weight is 467 g/mol. The van der Waals surface area contributed by atoms with E-state index in [4.69, 9.17) is 11.6 Å². The van der Waals surface area contributed by atoms with Crippen LogP contribution in [-0.4, -0.2) is 17.8 Å². The van der Waals surface area contributed by atoms with Crippen LogP contribution in [-0.2, 0) is 6.18 Å². The van der Waals surface area contributed by atoms with Crippen LogP contribution in [0.5, 0.6) is 0 Å². The summed E-state index contributed by atoms with van der Waals surface area (Å²) in [5, 5.41) is 0.614. The Bertz CT molecular complexity index is 1270. The largest absolute Gasteiger partial charge is 0.417 e. The van der Waals surface area contributed by atoms with Gasteiger partial charge in [0, 0.05) is 23.3 Å². The Morgan fingerprint density at radius 1 is 0.879 bits per heavy atom. The molecule has 0 atom stereocenters. The van der Waals surface area contributed by atoms with Gasteiger partial charge in [0.05, 0.1) is 17.4 Å². The molecule has 0 aliphatic rings. The lowest BCUT2D eigenvalue weighted by atomic mass is 9.95. The van der Waals surface area contributed by atoms with Crippen molar-refractivity contribution < 1.29 is 18.0 Å². The van der Waals surface area contributed by atoms with Crippen molar-refractivity contribution in [2.75, 3.05) is 11.9 Å². The lowest BCUT2D eigenvalue weighted by Crippen LogP contribution is -2.12. The first-order chi connectivity index (χ1) is 15.7. The molecule has 0 radical (unpaired) electrons. The third-order valence-corrected chi connectivity index (χ3v) is 5.51. The first-order valence-corrected chi connectivity index (χ1v) is 10.4. The summed E-state index contributed by atoms with van der Waals surface area (Å²) in [4.78, 5) is 19.0. The molecule has 0 aliphatic heterocycles. The van der Waals surface area contributed by atoms with E-state index in [1.807, 2.05) is 24.1 Å². The summed E-state index contributed by atoms with van der Waals surface area (Å²) in [6.07, 6.45) is -3.11. The Kier molecular flexibility index (Phi) is 6.20. The highest BCUT2D eigenvalue weighted by atomic mass is 35.5. The van der Waals surface area contributed by atoms with Gasteiger partial charge in [-0.3, -0.25) is 9.78 Å². The second kappa shape index (κ2) is 9.08. The Labute approximate surface area is 194 Å². The molecule has 7 heteroatoms. The van der Waals surface area contributed by atoms with Crippen LogP contribution in [0.2, 0.25) is 5.02 Å². The Morgan fingerprint density at radius 3 is 2.15 bits per heavy atom. The van der Waals surface area contributed by atoms with E-state index < -0.39 is 17.5 Å². The van der Waals surface area contributed by atoms with Crippen LogP contribution in [0.25, 0.3) is 11.1 Å². The van der Waals surface area contributed by atoms with Crippen LogP contribution in [0.15, 0.2) is 91.1 Å². The smallest absolute Gasteiger partial charge is 0.343 e. The first kappa shape index (κ1) is 22.6. The number of ketones is 1. The molecule has 0 amide bonds. The van der Waals surface area contributed by atoms with Crippen molar-refractivity contribution in [2.24, 2.45) is 0 Å². The van der Waals surface area contributed by atoms with E-state index in [9.17, 15) is 18.0 Å². The zero-order chi connectivity index (χ0) is 23.6. The van der Waals surface area contributed by atoms with Gasteiger partial charge in [-0.15, -0.1) is 0 Å². The molecule has 33 heavy (non-hydrogen) atoms. The second-order valence-corrected chi connectivity index (χ2v) is 7.83. The first-order valence-electron chi connectivity index (χ1n) is 10.0. The number of aromatic nitrogens is 1. The van der Waals surface area contributed by atoms with Crippen molar-refractivity contribution in [3.8, 4) is 11.1 Å². The maximum atomic E-state index is 13.8. The molecular weight excluding hydrogens is 449 g/mol. The summed E-state index contributed by atoms with van der Waals surface area (Å²) in [6.45, 7) is 0. The number of carbonyl (C=O) groups is 1. The summed E-state index contributed by atoms with van der Waals surface area (Å²) >= 11 is 5.92. The molecule has 166 valence electrons. The van der Waals surface area contributed by atoms with Crippen molar-refractivity contribution in [1.82, 2.24) is 4.98 Å². The minimum atomic E-state index is -4.61. The fourth-order valence-corrected chi connectivity index (χ4v) is 3.60. The lowest BCUT2D eigenvalue weighted by Gasteiger charge is -2.19. The topological polar surface area (TPSA) is 33.2 Å². The van der Waals surface area contributed by atoms with Crippen molar-refractivity contribution >= 4 is 28.8 Å². The monoisotopic (exact) mass is 466 g/mol. The molecule has 1 aromatic heterocycles. The van der Waals surface area contributed by atoms with Crippen molar-refractivity contribution in [2.45, 2.75) is 6.18 Å². The summed E-state index contributed by atoms with van der Waals surface area (Å²) in [7, 11) is 1.83. The molecule has 3 aromatic carbocycles. The predicted octanol–water partition coefficient (Wildman–Crippen LogP) is 7.42. The van der Waals surface area contributed by atoms with Gasteiger partial charge in [0.15, 0.2) is 0 Å². The number of halogens is 4.